The second kappa shape index (κ2) is 9.29. The molecule has 3 saturated carbocycles. The fourth-order valence-electron chi connectivity index (χ4n) is 6.11. The highest BCUT2D eigenvalue weighted by Gasteiger charge is 2.47. The quantitative estimate of drug-likeness (QED) is 0.432. The average Bonchev–Trinajstić information content (AvgIpc) is 3.09. The van der Waals surface area contributed by atoms with Crippen LogP contribution < -0.4 is 0 Å². The van der Waals surface area contributed by atoms with E-state index in [-0.39, 0.29) is 7.92 Å². The molecule has 0 heterocycles. The molecule has 0 N–H and O–H groups in total. The third-order valence-electron chi connectivity index (χ3n) is 7.63. The largest absolute Gasteiger partial charge is 0.0918 e. The summed E-state index contributed by atoms with van der Waals surface area (Å²) in [7, 11) is -0.0518. The van der Waals surface area contributed by atoms with Gasteiger partial charge in [-0.3, -0.25) is 0 Å². The first-order chi connectivity index (χ1) is 12.4. The molecule has 147 valence electrons. The van der Waals surface area contributed by atoms with Crippen LogP contribution in [0.1, 0.15) is 80.1 Å². The lowest BCUT2D eigenvalue weighted by Gasteiger charge is -2.51. The molecular weight excluding hydrogens is 331 g/mol. The van der Waals surface area contributed by atoms with Gasteiger partial charge >= 0.3 is 0 Å². The zero-order valence-corrected chi connectivity index (χ0v) is 19.0. The molecule has 0 spiro atoms. The first-order valence-corrected chi connectivity index (χ1v) is 12.9. The van der Waals surface area contributed by atoms with Gasteiger partial charge in [-0.1, -0.05) is 62.3 Å². The van der Waals surface area contributed by atoms with E-state index in [0.29, 0.717) is 0 Å². The van der Waals surface area contributed by atoms with Crippen LogP contribution in [-0.4, -0.2) is 11.3 Å². The van der Waals surface area contributed by atoms with Gasteiger partial charge in [0.2, 0.25) is 0 Å². The zero-order valence-electron chi connectivity index (χ0n) is 18.1. The van der Waals surface area contributed by atoms with E-state index in [1.54, 1.807) is 5.66 Å². The first-order valence-electron chi connectivity index (χ1n) is 11.4. The highest BCUT2D eigenvalue weighted by Crippen LogP contribution is 2.69. The molecule has 0 aliphatic heterocycles. The van der Waals surface area contributed by atoms with Crippen LogP contribution in [0.5, 0.6) is 0 Å². The van der Waals surface area contributed by atoms with Crippen LogP contribution in [0, 0.1) is 66.8 Å². The van der Waals surface area contributed by atoms with E-state index in [0.717, 1.165) is 46.8 Å². The van der Waals surface area contributed by atoms with Gasteiger partial charge in [0.25, 0.3) is 0 Å². The lowest BCUT2D eigenvalue weighted by Crippen LogP contribution is -2.39. The predicted octanol–water partition coefficient (Wildman–Crippen LogP) is 7.75. The van der Waals surface area contributed by atoms with Gasteiger partial charge in [-0.15, -0.1) is 0 Å². The fraction of sp³-hybridized carbons (Fsp3) is 0.800. The molecule has 0 aromatic rings. The summed E-state index contributed by atoms with van der Waals surface area (Å²) < 4.78 is 0. The minimum Gasteiger partial charge on any atom is -0.0918 e. The Morgan fingerprint density at radius 2 is 1.15 bits per heavy atom. The summed E-state index contributed by atoms with van der Waals surface area (Å²) in [4.78, 5) is 0. The van der Waals surface area contributed by atoms with Crippen LogP contribution in [0.25, 0.3) is 0 Å². The normalized spacial score (nSPS) is 41.1. The minimum atomic E-state index is -0.0518. The van der Waals surface area contributed by atoms with Crippen molar-refractivity contribution in [2.45, 2.75) is 91.4 Å². The molecule has 3 aliphatic carbocycles. The van der Waals surface area contributed by atoms with E-state index in [9.17, 15) is 0 Å². The van der Waals surface area contributed by atoms with Crippen molar-refractivity contribution in [2.24, 2.45) is 35.5 Å². The molecule has 3 rings (SSSR count). The third-order valence-corrected chi connectivity index (χ3v) is 11.1. The SMILES string of the molecule is CC(C)[C@H]1CC[C@H](C)C[C@@H]1P([C]1[CH][CH][CH][CH]1)[C@H]1C[C@@H](C)CC[C@H]1C(C)C. The molecule has 0 saturated heterocycles. The molecule has 3 aliphatic rings. The van der Waals surface area contributed by atoms with Gasteiger partial charge in [0.05, 0.1) is 0 Å². The maximum absolute atomic E-state index is 2.52. The van der Waals surface area contributed by atoms with Crippen LogP contribution in [0.4, 0.5) is 0 Å². The summed E-state index contributed by atoms with van der Waals surface area (Å²) in [6.07, 6.45) is 18.4. The number of hydrogen-bond donors (Lipinski definition) is 0. The molecule has 7 atom stereocenters. The van der Waals surface area contributed by atoms with Gasteiger partial charge in [0.1, 0.15) is 0 Å². The van der Waals surface area contributed by atoms with Gasteiger partial charge in [0.15, 0.2) is 0 Å². The smallest absolute Gasteiger partial charge is 0.00805 e. The highest BCUT2D eigenvalue weighted by molar-refractivity contribution is 7.63. The molecule has 26 heavy (non-hydrogen) atoms. The summed E-state index contributed by atoms with van der Waals surface area (Å²) in [6, 6.07) is 0. The monoisotopic (exact) mass is 373 g/mol. The topological polar surface area (TPSA) is 0 Å². The Bertz CT molecular complexity index is 390. The predicted molar refractivity (Wildman–Crippen MR) is 118 cm³/mol. The average molecular weight is 374 g/mol. The molecule has 5 radical (unpaired) electrons. The minimum absolute atomic E-state index is 0.0518. The Morgan fingerprint density at radius 3 is 1.54 bits per heavy atom. The van der Waals surface area contributed by atoms with Crippen molar-refractivity contribution in [2.75, 3.05) is 0 Å². The van der Waals surface area contributed by atoms with Crippen molar-refractivity contribution in [3.63, 3.8) is 0 Å². The van der Waals surface area contributed by atoms with Crippen molar-refractivity contribution in [1.29, 1.82) is 0 Å². The van der Waals surface area contributed by atoms with E-state index >= 15 is 0 Å². The molecular formula is C25H42P. The third kappa shape index (κ3) is 4.70. The molecule has 1 unspecified atom stereocenters. The molecule has 0 aromatic carbocycles. The lowest BCUT2D eigenvalue weighted by molar-refractivity contribution is 0.223. The summed E-state index contributed by atoms with van der Waals surface area (Å²) in [5.74, 6) is 5.41. The Balaban J connectivity index is 1.92. The molecule has 0 nitrogen and oxygen atoms in total. The lowest BCUT2D eigenvalue weighted by atomic mass is 9.76. The van der Waals surface area contributed by atoms with Crippen molar-refractivity contribution in [1.82, 2.24) is 0 Å². The van der Waals surface area contributed by atoms with Crippen LogP contribution in [0.2, 0.25) is 0 Å². The molecule has 0 aromatic heterocycles. The Hall–Kier alpha value is 0.430. The second-order valence-corrected chi connectivity index (χ2v) is 13.0. The van der Waals surface area contributed by atoms with Crippen molar-refractivity contribution >= 4 is 7.92 Å². The highest BCUT2D eigenvalue weighted by atomic mass is 31.1. The Labute approximate surface area is 166 Å². The fourth-order valence-corrected chi connectivity index (χ4v) is 10.9. The molecule has 0 amide bonds. The van der Waals surface area contributed by atoms with Crippen molar-refractivity contribution < 1.29 is 0 Å². The van der Waals surface area contributed by atoms with Crippen LogP contribution >= 0.6 is 7.92 Å². The van der Waals surface area contributed by atoms with Crippen molar-refractivity contribution in [3.8, 4) is 0 Å². The van der Waals surface area contributed by atoms with E-state index in [1.807, 2.05) is 0 Å². The summed E-state index contributed by atoms with van der Waals surface area (Å²) in [6.45, 7) is 15.0. The van der Waals surface area contributed by atoms with E-state index in [2.05, 4.69) is 67.2 Å². The van der Waals surface area contributed by atoms with Crippen molar-refractivity contribution in [3.05, 3.63) is 31.3 Å². The molecule has 1 heteroatoms. The van der Waals surface area contributed by atoms with Gasteiger partial charge in [-0.05, 0) is 98.2 Å². The molecule has 3 fully saturated rings. The maximum atomic E-state index is 2.52. The number of hydrogen-bond acceptors (Lipinski definition) is 0. The van der Waals surface area contributed by atoms with Gasteiger partial charge < -0.3 is 0 Å². The summed E-state index contributed by atoms with van der Waals surface area (Å²) >= 11 is 0. The standard InChI is InChI=1S/C25H42P/c1-17(2)22-13-11-19(5)15-24(22)26(21-9-7-8-10-21)25-16-20(6)12-14-23(25)18(3)4/h7-10,17-20,22-25H,11-16H2,1-6H3/t19-,20-,22-,23+,24-,25-,26?/m0/s1. The Kier molecular flexibility index (Phi) is 7.55. The van der Waals surface area contributed by atoms with Crippen LogP contribution in [0.15, 0.2) is 0 Å². The van der Waals surface area contributed by atoms with Crippen LogP contribution in [-0.2, 0) is 0 Å². The number of rotatable bonds is 5. The summed E-state index contributed by atoms with van der Waals surface area (Å²) in [5, 5.41) is 0. The Morgan fingerprint density at radius 1 is 0.731 bits per heavy atom. The maximum Gasteiger partial charge on any atom is 0.00805 e. The van der Waals surface area contributed by atoms with E-state index in [4.69, 9.17) is 0 Å². The second-order valence-electron chi connectivity index (χ2n) is 10.3. The van der Waals surface area contributed by atoms with Gasteiger partial charge in [0, 0.05) is 5.66 Å². The van der Waals surface area contributed by atoms with Gasteiger partial charge in [-0.25, -0.2) is 0 Å². The molecule has 0 bridgehead atoms. The van der Waals surface area contributed by atoms with Gasteiger partial charge in [-0.2, -0.15) is 0 Å². The summed E-state index contributed by atoms with van der Waals surface area (Å²) in [5.41, 5.74) is 3.63. The van der Waals surface area contributed by atoms with E-state index in [1.165, 1.54) is 38.5 Å². The zero-order chi connectivity index (χ0) is 18.8. The van der Waals surface area contributed by atoms with Crippen LogP contribution in [0.3, 0.4) is 0 Å². The van der Waals surface area contributed by atoms with E-state index < -0.39 is 0 Å². The first kappa shape index (κ1) is 21.1.